The number of thioether (sulfide) groups is 1. The second-order valence-corrected chi connectivity index (χ2v) is 7.83. The van der Waals surface area contributed by atoms with Crippen LogP contribution in [0.25, 0.3) is 21.7 Å². The van der Waals surface area contributed by atoms with Crippen molar-refractivity contribution in [1.29, 1.82) is 0 Å². The molecule has 1 N–H and O–H groups in total. The Bertz CT molecular complexity index is 1240. The number of nitrogens with one attached hydrogen (secondary N) is 1. The highest BCUT2D eigenvalue weighted by Gasteiger charge is 2.09. The monoisotopic (exact) mass is 403 g/mol. The van der Waals surface area contributed by atoms with Crippen molar-refractivity contribution in [2.24, 2.45) is 0 Å². The zero-order chi connectivity index (χ0) is 20.2. The molecule has 4 rings (SSSR count). The summed E-state index contributed by atoms with van der Waals surface area (Å²) in [7, 11) is 0. The van der Waals surface area contributed by atoms with Crippen LogP contribution in [0.1, 0.15) is 18.1 Å². The largest absolute Gasteiger partial charge is 0.423 e. The van der Waals surface area contributed by atoms with Crippen LogP contribution in [0.3, 0.4) is 0 Å². The van der Waals surface area contributed by atoms with E-state index in [9.17, 15) is 9.59 Å². The van der Waals surface area contributed by atoms with E-state index in [2.05, 4.69) is 12.2 Å². The van der Waals surface area contributed by atoms with Gasteiger partial charge in [0.1, 0.15) is 5.58 Å². The van der Waals surface area contributed by atoms with Gasteiger partial charge in [0.2, 0.25) is 5.91 Å². The minimum absolute atomic E-state index is 0.0631. The Labute approximate surface area is 172 Å². The van der Waals surface area contributed by atoms with Crippen LogP contribution in [-0.2, 0) is 17.0 Å². The molecule has 1 aromatic heterocycles. The minimum atomic E-state index is -0.360. The third-order valence-corrected chi connectivity index (χ3v) is 5.84. The van der Waals surface area contributed by atoms with Crippen molar-refractivity contribution in [2.75, 3.05) is 11.1 Å². The van der Waals surface area contributed by atoms with E-state index in [4.69, 9.17) is 4.42 Å². The van der Waals surface area contributed by atoms with Crippen molar-refractivity contribution in [2.45, 2.75) is 19.1 Å². The summed E-state index contributed by atoms with van der Waals surface area (Å²) in [6.45, 7) is 2.06. The molecule has 1 amide bonds. The van der Waals surface area contributed by atoms with Crippen LogP contribution in [0.5, 0.6) is 0 Å². The molecular formula is C24H21NO3S. The van der Waals surface area contributed by atoms with E-state index in [0.717, 1.165) is 39.4 Å². The van der Waals surface area contributed by atoms with Gasteiger partial charge in [0.05, 0.1) is 5.75 Å². The first-order valence-electron chi connectivity index (χ1n) is 9.55. The van der Waals surface area contributed by atoms with Crippen LogP contribution in [0.4, 0.5) is 5.69 Å². The minimum Gasteiger partial charge on any atom is -0.423 e. The molecule has 0 aliphatic carbocycles. The highest BCUT2D eigenvalue weighted by Crippen LogP contribution is 2.25. The first kappa shape index (κ1) is 19.3. The van der Waals surface area contributed by atoms with Crippen molar-refractivity contribution < 1.29 is 9.21 Å². The summed E-state index contributed by atoms with van der Waals surface area (Å²) in [5.74, 6) is 0.806. The molecule has 0 aliphatic rings. The van der Waals surface area contributed by atoms with Crippen molar-refractivity contribution in [3.63, 3.8) is 0 Å². The molecule has 0 saturated carbocycles. The fourth-order valence-electron chi connectivity index (χ4n) is 3.39. The molecule has 3 aromatic carbocycles. The maximum atomic E-state index is 12.4. The molecule has 0 saturated heterocycles. The highest BCUT2D eigenvalue weighted by molar-refractivity contribution is 7.99. The number of benzene rings is 3. The van der Waals surface area contributed by atoms with Gasteiger partial charge in [-0.15, -0.1) is 11.8 Å². The summed E-state index contributed by atoms with van der Waals surface area (Å²) in [4.78, 5) is 24.4. The maximum Gasteiger partial charge on any atom is 0.336 e. The zero-order valence-electron chi connectivity index (χ0n) is 16.1. The van der Waals surface area contributed by atoms with Gasteiger partial charge in [-0.2, -0.15) is 0 Å². The predicted molar refractivity (Wildman–Crippen MR) is 121 cm³/mol. The summed E-state index contributed by atoms with van der Waals surface area (Å²) in [5.41, 5.74) is 3.07. The van der Waals surface area contributed by atoms with Crippen LogP contribution in [0.2, 0.25) is 0 Å². The molecule has 0 atom stereocenters. The van der Waals surface area contributed by atoms with E-state index in [1.807, 2.05) is 60.7 Å². The topological polar surface area (TPSA) is 59.3 Å². The standard InChI is InChI=1S/C24H21NO3S/c1-2-16-10-11-20-18(13-24(27)28-22(20)12-16)14-29-15-23(26)25-21-9-5-7-17-6-3-4-8-19(17)21/h3-13H,2,14-15H2,1H3,(H,25,26). The van der Waals surface area contributed by atoms with E-state index in [0.29, 0.717) is 17.1 Å². The number of hydrogen-bond acceptors (Lipinski definition) is 4. The Balaban J connectivity index is 1.45. The third-order valence-electron chi connectivity index (χ3n) is 4.86. The lowest BCUT2D eigenvalue weighted by Gasteiger charge is -2.09. The average molecular weight is 404 g/mol. The average Bonchev–Trinajstić information content (AvgIpc) is 2.73. The summed E-state index contributed by atoms with van der Waals surface area (Å²) in [6.07, 6.45) is 0.882. The van der Waals surface area contributed by atoms with Crippen LogP contribution >= 0.6 is 11.8 Å². The first-order chi connectivity index (χ1) is 14.1. The summed E-state index contributed by atoms with van der Waals surface area (Å²) in [6, 6.07) is 21.3. The molecule has 0 unspecified atom stereocenters. The molecule has 0 radical (unpaired) electrons. The lowest BCUT2D eigenvalue weighted by Crippen LogP contribution is -2.14. The normalized spacial score (nSPS) is 11.1. The number of aryl methyl sites for hydroxylation is 1. The Hall–Kier alpha value is -3.05. The van der Waals surface area contributed by atoms with E-state index in [1.165, 1.54) is 17.8 Å². The molecule has 0 aliphatic heterocycles. The number of carbonyl (C=O) groups is 1. The van der Waals surface area contributed by atoms with Crippen LogP contribution in [0.15, 0.2) is 75.9 Å². The Kier molecular flexibility index (Phi) is 5.67. The van der Waals surface area contributed by atoms with Gasteiger partial charge in [0, 0.05) is 28.3 Å². The number of fused-ring (bicyclic) bond motifs is 2. The zero-order valence-corrected chi connectivity index (χ0v) is 16.9. The number of anilines is 1. The predicted octanol–water partition coefficient (Wildman–Crippen LogP) is 5.38. The molecular weight excluding hydrogens is 382 g/mol. The van der Waals surface area contributed by atoms with Gasteiger partial charge in [-0.3, -0.25) is 4.79 Å². The molecule has 146 valence electrons. The smallest absolute Gasteiger partial charge is 0.336 e. The van der Waals surface area contributed by atoms with Crippen molar-refractivity contribution in [1.82, 2.24) is 0 Å². The lowest BCUT2D eigenvalue weighted by atomic mass is 10.1. The van der Waals surface area contributed by atoms with Crippen molar-refractivity contribution in [3.05, 3.63) is 88.3 Å². The Morgan fingerprint density at radius 2 is 1.83 bits per heavy atom. The molecule has 4 nitrogen and oxygen atoms in total. The van der Waals surface area contributed by atoms with E-state index >= 15 is 0 Å². The van der Waals surface area contributed by atoms with Gasteiger partial charge in [0.15, 0.2) is 0 Å². The van der Waals surface area contributed by atoms with E-state index in [1.54, 1.807) is 0 Å². The van der Waals surface area contributed by atoms with Gasteiger partial charge < -0.3 is 9.73 Å². The van der Waals surface area contributed by atoms with Gasteiger partial charge in [-0.25, -0.2) is 4.79 Å². The van der Waals surface area contributed by atoms with Gasteiger partial charge >= 0.3 is 5.63 Å². The number of carbonyl (C=O) groups excluding carboxylic acids is 1. The molecule has 1 heterocycles. The summed E-state index contributed by atoms with van der Waals surface area (Å²) >= 11 is 1.48. The second-order valence-electron chi connectivity index (χ2n) is 6.84. The molecule has 0 bridgehead atoms. The van der Waals surface area contributed by atoms with Crippen LogP contribution in [0, 0.1) is 0 Å². The molecule has 29 heavy (non-hydrogen) atoms. The highest BCUT2D eigenvalue weighted by atomic mass is 32.2. The number of amides is 1. The fraction of sp³-hybridized carbons (Fsp3) is 0.167. The van der Waals surface area contributed by atoms with E-state index in [-0.39, 0.29) is 11.5 Å². The van der Waals surface area contributed by atoms with Crippen molar-refractivity contribution in [3.8, 4) is 0 Å². The summed E-state index contributed by atoms with van der Waals surface area (Å²) < 4.78 is 5.35. The SMILES string of the molecule is CCc1ccc2c(CSCC(=O)Nc3cccc4ccccc34)cc(=O)oc2c1. The van der Waals surface area contributed by atoms with Crippen molar-refractivity contribution >= 4 is 45.1 Å². The molecule has 5 heteroatoms. The van der Waals surface area contributed by atoms with Crippen LogP contribution in [-0.4, -0.2) is 11.7 Å². The second kappa shape index (κ2) is 8.53. The van der Waals surface area contributed by atoms with Gasteiger partial charge in [-0.05, 0) is 35.1 Å². The fourth-order valence-corrected chi connectivity index (χ4v) is 4.21. The molecule has 0 spiro atoms. The molecule has 4 aromatic rings. The summed E-state index contributed by atoms with van der Waals surface area (Å²) in [5, 5.41) is 6.02. The lowest BCUT2D eigenvalue weighted by molar-refractivity contribution is -0.113. The third kappa shape index (κ3) is 4.35. The van der Waals surface area contributed by atoms with Gasteiger partial charge in [-0.1, -0.05) is 55.5 Å². The molecule has 0 fully saturated rings. The quantitative estimate of drug-likeness (QED) is 0.439. The number of rotatable bonds is 6. The Morgan fingerprint density at radius 3 is 2.69 bits per heavy atom. The maximum absolute atomic E-state index is 12.4. The Morgan fingerprint density at radius 1 is 1.00 bits per heavy atom. The van der Waals surface area contributed by atoms with Gasteiger partial charge in [0.25, 0.3) is 0 Å². The number of hydrogen-bond donors (Lipinski definition) is 1. The first-order valence-corrected chi connectivity index (χ1v) is 10.7. The van der Waals surface area contributed by atoms with E-state index < -0.39 is 0 Å². The van der Waals surface area contributed by atoms with Crippen LogP contribution < -0.4 is 10.9 Å².